The highest BCUT2D eigenvalue weighted by atomic mass is 16.5. The molecule has 0 aromatic heterocycles. The van der Waals surface area contributed by atoms with E-state index in [0.29, 0.717) is 6.61 Å². The molecule has 0 spiro atoms. The molecule has 0 saturated heterocycles. The third kappa shape index (κ3) is 3.62. The van der Waals surface area contributed by atoms with Gasteiger partial charge in [0, 0.05) is 7.05 Å². The third-order valence-electron chi connectivity index (χ3n) is 2.30. The second kappa shape index (κ2) is 6.06. The Morgan fingerprint density at radius 2 is 2.07 bits per heavy atom. The molecule has 0 radical (unpaired) electrons. The van der Waals surface area contributed by atoms with Crippen molar-refractivity contribution < 1.29 is 9.53 Å². The molecule has 0 aliphatic carbocycles. The first-order chi connectivity index (χ1) is 7.27. The van der Waals surface area contributed by atoms with Crippen molar-refractivity contribution in [1.29, 1.82) is 0 Å². The Bertz CT molecular complexity index is 298. The van der Waals surface area contributed by atoms with E-state index in [1.54, 1.807) is 7.05 Å². The van der Waals surface area contributed by atoms with Crippen LogP contribution in [0.5, 0.6) is 5.75 Å². The lowest BCUT2D eigenvalue weighted by Gasteiger charge is -2.14. The number of para-hydroxylation sites is 1. The predicted octanol–water partition coefficient (Wildman–Crippen LogP) is 1.84. The van der Waals surface area contributed by atoms with Crippen LogP contribution < -0.4 is 10.1 Å². The highest BCUT2D eigenvalue weighted by molar-refractivity contribution is 5.78. The summed E-state index contributed by atoms with van der Waals surface area (Å²) in [6.07, 6.45) is 0.784. The van der Waals surface area contributed by atoms with Crippen LogP contribution in [0.4, 0.5) is 0 Å². The van der Waals surface area contributed by atoms with Crippen molar-refractivity contribution in [2.24, 2.45) is 5.92 Å². The Morgan fingerprint density at radius 1 is 1.40 bits per heavy atom. The van der Waals surface area contributed by atoms with E-state index in [-0.39, 0.29) is 11.8 Å². The Balaban J connectivity index is 2.44. The molecule has 1 amide bonds. The minimum absolute atomic E-state index is 0.0356. The maximum Gasteiger partial charge on any atom is 0.226 e. The molecule has 0 bridgehead atoms. The van der Waals surface area contributed by atoms with E-state index < -0.39 is 0 Å². The zero-order valence-electron chi connectivity index (χ0n) is 9.19. The fourth-order valence-corrected chi connectivity index (χ4v) is 1.30. The molecule has 0 heterocycles. The van der Waals surface area contributed by atoms with Gasteiger partial charge in [0.1, 0.15) is 5.75 Å². The van der Waals surface area contributed by atoms with E-state index in [2.05, 4.69) is 5.32 Å². The molecular weight excluding hydrogens is 190 g/mol. The first-order valence-electron chi connectivity index (χ1n) is 5.17. The molecule has 1 unspecified atom stereocenters. The van der Waals surface area contributed by atoms with Gasteiger partial charge in [-0.2, -0.15) is 0 Å². The molecular formula is C12H17NO2. The number of carbonyl (C=O) groups is 1. The molecule has 0 aliphatic heterocycles. The average Bonchev–Trinajstić information content (AvgIpc) is 2.31. The van der Waals surface area contributed by atoms with Gasteiger partial charge >= 0.3 is 0 Å². The summed E-state index contributed by atoms with van der Waals surface area (Å²) in [5.74, 6) is 0.767. The topological polar surface area (TPSA) is 38.3 Å². The summed E-state index contributed by atoms with van der Waals surface area (Å²) in [7, 11) is 1.65. The molecule has 1 rings (SSSR count). The smallest absolute Gasteiger partial charge is 0.226 e. The van der Waals surface area contributed by atoms with Gasteiger partial charge < -0.3 is 10.1 Å². The van der Waals surface area contributed by atoms with E-state index >= 15 is 0 Å². The van der Waals surface area contributed by atoms with Gasteiger partial charge in [0.15, 0.2) is 0 Å². The number of benzene rings is 1. The standard InChI is InChI=1S/C12H17NO2/c1-3-10(12(14)13-2)9-15-11-7-5-4-6-8-11/h4-8,10H,3,9H2,1-2H3,(H,13,14). The Hall–Kier alpha value is -1.51. The number of ether oxygens (including phenoxy) is 1. The summed E-state index contributed by atoms with van der Waals surface area (Å²) in [5.41, 5.74) is 0. The Labute approximate surface area is 90.4 Å². The lowest BCUT2D eigenvalue weighted by molar-refractivity contribution is -0.125. The van der Waals surface area contributed by atoms with Crippen LogP contribution in [-0.2, 0) is 4.79 Å². The molecule has 0 saturated carbocycles. The van der Waals surface area contributed by atoms with Gasteiger partial charge in [-0.3, -0.25) is 4.79 Å². The highest BCUT2D eigenvalue weighted by Gasteiger charge is 2.15. The Morgan fingerprint density at radius 3 is 2.60 bits per heavy atom. The lowest BCUT2D eigenvalue weighted by Crippen LogP contribution is -2.31. The van der Waals surface area contributed by atoms with Crippen molar-refractivity contribution >= 4 is 5.91 Å². The monoisotopic (exact) mass is 207 g/mol. The number of rotatable bonds is 5. The van der Waals surface area contributed by atoms with Gasteiger partial charge in [-0.15, -0.1) is 0 Å². The second-order valence-corrected chi connectivity index (χ2v) is 3.34. The first kappa shape index (κ1) is 11.6. The van der Waals surface area contributed by atoms with Crippen molar-refractivity contribution in [1.82, 2.24) is 5.32 Å². The van der Waals surface area contributed by atoms with Crippen LogP contribution in [0.3, 0.4) is 0 Å². The number of hydrogen-bond donors (Lipinski definition) is 1. The second-order valence-electron chi connectivity index (χ2n) is 3.34. The van der Waals surface area contributed by atoms with Crippen LogP contribution in [0.15, 0.2) is 30.3 Å². The number of nitrogens with one attached hydrogen (secondary N) is 1. The van der Waals surface area contributed by atoms with Gasteiger partial charge in [0.05, 0.1) is 12.5 Å². The molecule has 0 aliphatic rings. The van der Waals surface area contributed by atoms with E-state index in [1.165, 1.54) is 0 Å². The molecule has 15 heavy (non-hydrogen) atoms. The molecule has 82 valence electrons. The average molecular weight is 207 g/mol. The van der Waals surface area contributed by atoms with E-state index in [0.717, 1.165) is 12.2 Å². The molecule has 1 N–H and O–H groups in total. The van der Waals surface area contributed by atoms with E-state index in [9.17, 15) is 4.79 Å². The number of carbonyl (C=O) groups excluding carboxylic acids is 1. The largest absolute Gasteiger partial charge is 0.493 e. The summed E-state index contributed by atoms with van der Waals surface area (Å²) in [4.78, 5) is 11.4. The maximum atomic E-state index is 11.4. The zero-order chi connectivity index (χ0) is 11.1. The normalized spacial score (nSPS) is 11.9. The van der Waals surface area contributed by atoms with Gasteiger partial charge in [0.2, 0.25) is 5.91 Å². The number of hydrogen-bond acceptors (Lipinski definition) is 2. The summed E-state index contributed by atoms with van der Waals surface area (Å²) in [6, 6.07) is 9.53. The quantitative estimate of drug-likeness (QED) is 0.800. The number of amides is 1. The van der Waals surface area contributed by atoms with Crippen LogP contribution in [0, 0.1) is 5.92 Å². The first-order valence-corrected chi connectivity index (χ1v) is 5.17. The van der Waals surface area contributed by atoms with E-state index in [4.69, 9.17) is 4.74 Å². The molecule has 1 aromatic carbocycles. The van der Waals surface area contributed by atoms with E-state index in [1.807, 2.05) is 37.3 Å². The molecule has 3 nitrogen and oxygen atoms in total. The van der Waals surface area contributed by atoms with Crippen LogP contribution in [0.2, 0.25) is 0 Å². The van der Waals surface area contributed by atoms with Crippen LogP contribution in [0.1, 0.15) is 13.3 Å². The van der Waals surface area contributed by atoms with Crippen molar-refractivity contribution in [3.8, 4) is 5.75 Å². The van der Waals surface area contributed by atoms with Gasteiger partial charge in [-0.25, -0.2) is 0 Å². The fraction of sp³-hybridized carbons (Fsp3) is 0.417. The van der Waals surface area contributed by atoms with Gasteiger partial charge in [-0.1, -0.05) is 25.1 Å². The minimum atomic E-state index is -0.0739. The molecule has 3 heteroatoms. The summed E-state index contributed by atoms with van der Waals surface area (Å²) < 4.78 is 5.52. The molecule has 1 aromatic rings. The minimum Gasteiger partial charge on any atom is -0.493 e. The molecule has 1 atom stereocenters. The van der Waals surface area contributed by atoms with Gasteiger partial charge in [-0.05, 0) is 18.6 Å². The maximum absolute atomic E-state index is 11.4. The van der Waals surface area contributed by atoms with Crippen molar-refractivity contribution in [2.75, 3.05) is 13.7 Å². The molecule has 0 fully saturated rings. The fourth-order valence-electron chi connectivity index (χ4n) is 1.30. The highest BCUT2D eigenvalue weighted by Crippen LogP contribution is 2.11. The van der Waals surface area contributed by atoms with Crippen molar-refractivity contribution in [3.63, 3.8) is 0 Å². The van der Waals surface area contributed by atoms with Crippen molar-refractivity contribution in [3.05, 3.63) is 30.3 Å². The van der Waals surface area contributed by atoms with Gasteiger partial charge in [0.25, 0.3) is 0 Å². The SMILES string of the molecule is CCC(COc1ccccc1)C(=O)NC. The summed E-state index contributed by atoms with van der Waals surface area (Å²) >= 11 is 0. The van der Waals surface area contributed by atoms with Crippen LogP contribution >= 0.6 is 0 Å². The summed E-state index contributed by atoms with van der Waals surface area (Å²) in [6.45, 7) is 2.41. The lowest BCUT2D eigenvalue weighted by atomic mass is 10.1. The van der Waals surface area contributed by atoms with Crippen molar-refractivity contribution in [2.45, 2.75) is 13.3 Å². The zero-order valence-corrected chi connectivity index (χ0v) is 9.19. The third-order valence-corrected chi connectivity index (χ3v) is 2.30. The predicted molar refractivity (Wildman–Crippen MR) is 59.8 cm³/mol. The Kier molecular flexibility index (Phi) is 4.68. The van der Waals surface area contributed by atoms with Crippen LogP contribution in [-0.4, -0.2) is 19.6 Å². The summed E-state index contributed by atoms with van der Waals surface area (Å²) in [5, 5.41) is 2.63. The van der Waals surface area contributed by atoms with Crippen LogP contribution in [0.25, 0.3) is 0 Å².